The molecular formula is C21H17ClN4O. The van der Waals surface area contributed by atoms with Crippen LogP contribution in [0.5, 0.6) is 0 Å². The Bertz CT molecular complexity index is 1100. The van der Waals surface area contributed by atoms with Crippen molar-refractivity contribution in [3.8, 4) is 11.4 Å². The van der Waals surface area contributed by atoms with E-state index in [0.29, 0.717) is 28.6 Å². The number of amides is 1. The van der Waals surface area contributed by atoms with Crippen molar-refractivity contribution in [2.45, 2.75) is 13.5 Å². The van der Waals surface area contributed by atoms with Gasteiger partial charge in [-0.15, -0.1) is 10.2 Å². The second-order valence-electron chi connectivity index (χ2n) is 6.34. The molecule has 2 aromatic heterocycles. The molecule has 27 heavy (non-hydrogen) atoms. The van der Waals surface area contributed by atoms with Crippen molar-refractivity contribution in [3.63, 3.8) is 0 Å². The molecular weight excluding hydrogens is 360 g/mol. The first kappa shape index (κ1) is 17.2. The highest BCUT2D eigenvalue weighted by atomic mass is 35.5. The Labute approximate surface area is 161 Å². The summed E-state index contributed by atoms with van der Waals surface area (Å²) in [5, 5.41) is 12.0. The minimum atomic E-state index is -0.145. The number of rotatable bonds is 4. The van der Waals surface area contributed by atoms with Gasteiger partial charge in [-0.05, 0) is 48.9 Å². The van der Waals surface area contributed by atoms with Gasteiger partial charge in [0.25, 0.3) is 5.91 Å². The molecule has 0 saturated heterocycles. The van der Waals surface area contributed by atoms with E-state index in [-0.39, 0.29) is 5.91 Å². The summed E-state index contributed by atoms with van der Waals surface area (Å²) < 4.78 is 1.81. The van der Waals surface area contributed by atoms with Crippen LogP contribution in [0.15, 0.2) is 66.9 Å². The van der Waals surface area contributed by atoms with Gasteiger partial charge in [0.2, 0.25) is 0 Å². The highest BCUT2D eigenvalue weighted by Crippen LogP contribution is 2.21. The first-order valence-corrected chi connectivity index (χ1v) is 8.92. The number of aromatic nitrogens is 3. The van der Waals surface area contributed by atoms with Gasteiger partial charge in [-0.2, -0.15) is 0 Å². The van der Waals surface area contributed by atoms with Crippen molar-refractivity contribution in [3.05, 3.63) is 88.6 Å². The highest BCUT2D eigenvalue weighted by molar-refractivity contribution is 6.30. The summed E-state index contributed by atoms with van der Waals surface area (Å²) in [7, 11) is 0. The Morgan fingerprint density at radius 2 is 1.74 bits per heavy atom. The standard InChI is InChI=1S/C21H17ClN4O/c1-14-2-4-15(5-3-14)12-23-21(27)17-8-11-19-24-25-20(26(19)13-17)16-6-9-18(22)10-7-16/h2-11,13H,12H2,1H3,(H,23,27). The number of nitrogens with zero attached hydrogens (tertiary/aromatic N) is 3. The molecule has 0 aliphatic heterocycles. The monoisotopic (exact) mass is 376 g/mol. The lowest BCUT2D eigenvalue weighted by Crippen LogP contribution is -2.23. The van der Waals surface area contributed by atoms with Crippen LogP contribution in [0, 0.1) is 6.92 Å². The van der Waals surface area contributed by atoms with Gasteiger partial charge in [0.15, 0.2) is 11.5 Å². The van der Waals surface area contributed by atoms with E-state index in [0.717, 1.165) is 11.1 Å². The van der Waals surface area contributed by atoms with Crippen LogP contribution in [-0.4, -0.2) is 20.5 Å². The lowest BCUT2D eigenvalue weighted by molar-refractivity contribution is 0.0950. The van der Waals surface area contributed by atoms with E-state index >= 15 is 0 Å². The summed E-state index contributed by atoms with van der Waals surface area (Å²) in [6, 6.07) is 19.0. The van der Waals surface area contributed by atoms with Crippen LogP contribution in [0.4, 0.5) is 0 Å². The second kappa shape index (κ2) is 7.21. The fourth-order valence-corrected chi connectivity index (χ4v) is 2.94. The zero-order chi connectivity index (χ0) is 18.8. The maximum atomic E-state index is 12.6. The second-order valence-corrected chi connectivity index (χ2v) is 6.78. The average molecular weight is 377 g/mol. The Morgan fingerprint density at radius 1 is 1.00 bits per heavy atom. The first-order valence-electron chi connectivity index (χ1n) is 8.54. The van der Waals surface area contributed by atoms with Gasteiger partial charge >= 0.3 is 0 Å². The number of nitrogens with one attached hydrogen (secondary N) is 1. The minimum Gasteiger partial charge on any atom is -0.348 e. The summed E-state index contributed by atoms with van der Waals surface area (Å²) in [6.45, 7) is 2.51. The lowest BCUT2D eigenvalue weighted by atomic mass is 10.1. The molecule has 0 bridgehead atoms. The van der Waals surface area contributed by atoms with E-state index in [1.165, 1.54) is 5.56 Å². The number of carbonyl (C=O) groups is 1. The summed E-state index contributed by atoms with van der Waals surface area (Å²) in [6.07, 6.45) is 1.75. The van der Waals surface area contributed by atoms with Crippen LogP contribution in [0.25, 0.3) is 17.0 Å². The van der Waals surface area contributed by atoms with Crippen molar-refractivity contribution in [2.75, 3.05) is 0 Å². The molecule has 0 spiro atoms. The molecule has 0 aliphatic carbocycles. The molecule has 4 aromatic rings. The number of aryl methyl sites for hydroxylation is 1. The smallest absolute Gasteiger partial charge is 0.253 e. The molecule has 2 aromatic carbocycles. The molecule has 6 heteroatoms. The zero-order valence-corrected chi connectivity index (χ0v) is 15.4. The third-order valence-corrected chi connectivity index (χ3v) is 4.59. The Hall–Kier alpha value is -3.18. The van der Waals surface area contributed by atoms with Gasteiger partial charge in [0.05, 0.1) is 5.56 Å². The number of carbonyl (C=O) groups excluding carboxylic acids is 1. The maximum absolute atomic E-state index is 12.6. The van der Waals surface area contributed by atoms with Gasteiger partial charge in [-0.1, -0.05) is 41.4 Å². The van der Waals surface area contributed by atoms with Gasteiger partial charge in [0.1, 0.15) is 0 Å². The number of hydrogen-bond donors (Lipinski definition) is 1. The largest absolute Gasteiger partial charge is 0.348 e. The van der Waals surface area contributed by atoms with E-state index in [4.69, 9.17) is 11.6 Å². The molecule has 1 amide bonds. The van der Waals surface area contributed by atoms with Crippen LogP contribution >= 0.6 is 11.6 Å². The average Bonchev–Trinajstić information content (AvgIpc) is 3.11. The van der Waals surface area contributed by atoms with Gasteiger partial charge < -0.3 is 5.32 Å². The predicted octanol–water partition coefficient (Wildman–Crippen LogP) is 4.29. The van der Waals surface area contributed by atoms with Crippen LogP contribution < -0.4 is 5.32 Å². The van der Waals surface area contributed by atoms with Gasteiger partial charge in [0, 0.05) is 23.3 Å². The fourth-order valence-electron chi connectivity index (χ4n) is 2.81. The molecule has 5 nitrogen and oxygen atoms in total. The highest BCUT2D eigenvalue weighted by Gasteiger charge is 2.12. The molecule has 0 fully saturated rings. The summed E-state index contributed by atoms with van der Waals surface area (Å²) in [5.41, 5.74) is 4.35. The van der Waals surface area contributed by atoms with Gasteiger partial charge in [-0.25, -0.2) is 0 Å². The summed E-state index contributed by atoms with van der Waals surface area (Å²) in [5.74, 6) is 0.517. The Morgan fingerprint density at radius 3 is 2.48 bits per heavy atom. The number of hydrogen-bond acceptors (Lipinski definition) is 3. The molecule has 0 aliphatic rings. The van der Waals surface area contributed by atoms with E-state index < -0.39 is 0 Å². The predicted molar refractivity (Wildman–Crippen MR) is 106 cm³/mol. The SMILES string of the molecule is Cc1ccc(CNC(=O)c2ccc3nnc(-c4ccc(Cl)cc4)n3c2)cc1. The number of halogens is 1. The molecule has 0 unspecified atom stereocenters. The van der Waals surface area contributed by atoms with Crippen molar-refractivity contribution < 1.29 is 4.79 Å². The van der Waals surface area contributed by atoms with Crippen LogP contribution in [0.1, 0.15) is 21.5 Å². The number of pyridine rings is 1. The third kappa shape index (κ3) is 3.68. The molecule has 134 valence electrons. The first-order chi connectivity index (χ1) is 13.1. The van der Waals surface area contributed by atoms with Crippen molar-refractivity contribution >= 4 is 23.2 Å². The Kier molecular flexibility index (Phi) is 4.60. The molecule has 4 rings (SSSR count). The lowest BCUT2D eigenvalue weighted by Gasteiger charge is -2.07. The molecule has 0 saturated carbocycles. The van der Waals surface area contributed by atoms with Crippen LogP contribution in [-0.2, 0) is 6.54 Å². The normalized spacial score (nSPS) is 10.9. The van der Waals surface area contributed by atoms with E-state index in [2.05, 4.69) is 15.5 Å². The topological polar surface area (TPSA) is 59.3 Å². The molecule has 0 atom stereocenters. The van der Waals surface area contributed by atoms with Crippen molar-refractivity contribution in [2.24, 2.45) is 0 Å². The number of benzene rings is 2. The van der Waals surface area contributed by atoms with Crippen LogP contribution in [0.2, 0.25) is 5.02 Å². The minimum absolute atomic E-state index is 0.145. The molecule has 1 N–H and O–H groups in total. The zero-order valence-electron chi connectivity index (χ0n) is 14.7. The number of fused-ring (bicyclic) bond motifs is 1. The molecule has 0 radical (unpaired) electrons. The van der Waals surface area contributed by atoms with Crippen molar-refractivity contribution in [1.29, 1.82) is 0 Å². The summed E-state index contributed by atoms with van der Waals surface area (Å²) >= 11 is 5.96. The maximum Gasteiger partial charge on any atom is 0.253 e. The summed E-state index contributed by atoms with van der Waals surface area (Å²) in [4.78, 5) is 12.6. The van der Waals surface area contributed by atoms with E-state index in [1.807, 2.05) is 47.7 Å². The fraction of sp³-hybridized carbons (Fsp3) is 0.0952. The van der Waals surface area contributed by atoms with Crippen LogP contribution in [0.3, 0.4) is 0 Å². The molecule has 2 heterocycles. The van der Waals surface area contributed by atoms with Crippen molar-refractivity contribution in [1.82, 2.24) is 19.9 Å². The Balaban J connectivity index is 1.58. The van der Waals surface area contributed by atoms with E-state index in [1.54, 1.807) is 30.5 Å². The third-order valence-electron chi connectivity index (χ3n) is 4.34. The quantitative estimate of drug-likeness (QED) is 0.578. The van der Waals surface area contributed by atoms with E-state index in [9.17, 15) is 4.79 Å². The van der Waals surface area contributed by atoms with Gasteiger partial charge in [-0.3, -0.25) is 9.20 Å².